The van der Waals surface area contributed by atoms with Gasteiger partial charge in [-0.3, -0.25) is 9.98 Å². The van der Waals surface area contributed by atoms with Crippen LogP contribution in [-0.4, -0.2) is 10.7 Å². The number of aliphatic imine (C=N–C) groups is 1. The highest BCUT2D eigenvalue weighted by molar-refractivity contribution is 5.89. The predicted molar refractivity (Wildman–Crippen MR) is 108 cm³/mol. The van der Waals surface area contributed by atoms with Gasteiger partial charge in [-0.05, 0) is 60.6 Å². The van der Waals surface area contributed by atoms with E-state index in [2.05, 4.69) is 69.1 Å². The lowest BCUT2D eigenvalue weighted by Crippen LogP contribution is -2.55. The number of rotatable bonds is 4. The first-order chi connectivity index (χ1) is 12.4. The van der Waals surface area contributed by atoms with Crippen molar-refractivity contribution in [1.29, 1.82) is 0 Å². The van der Waals surface area contributed by atoms with Gasteiger partial charge in [0.05, 0.1) is 11.7 Å². The van der Waals surface area contributed by atoms with Crippen molar-refractivity contribution in [3.63, 3.8) is 0 Å². The molecule has 0 saturated heterocycles. The van der Waals surface area contributed by atoms with E-state index in [9.17, 15) is 0 Å². The SMILES string of the molecule is Cc1ccc(CC(N=C2CC3CC(C2C)C3(C)C)c2ccccn2)cc1. The minimum Gasteiger partial charge on any atom is -0.284 e. The van der Waals surface area contributed by atoms with Crippen LogP contribution < -0.4 is 0 Å². The van der Waals surface area contributed by atoms with Crippen molar-refractivity contribution < 1.29 is 0 Å². The van der Waals surface area contributed by atoms with E-state index < -0.39 is 0 Å². The molecule has 1 aromatic heterocycles. The molecule has 2 nitrogen and oxygen atoms in total. The Balaban J connectivity index is 1.62. The molecule has 1 heterocycles. The van der Waals surface area contributed by atoms with Gasteiger partial charge in [-0.25, -0.2) is 0 Å². The Hall–Kier alpha value is -1.96. The summed E-state index contributed by atoms with van der Waals surface area (Å²) in [6.07, 6.45) is 5.37. The van der Waals surface area contributed by atoms with Gasteiger partial charge in [0.15, 0.2) is 0 Å². The first-order valence-electron chi connectivity index (χ1n) is 9.98. The molecule has 3 saturated carbocycles. The van der Waals surface area contributed by atoms with Crippen LogP contribution in [0.3, 0.4) is 0 Å². The normalized spacial score (nSPS) is 29.2. The summed E-state index contributed by atoms with van der Waals surface area (Å²) in [5.41, 5.74) is 5.65. The van der Waals surface area contributed by atoms with Crippen LogP contribution in [-0.2, 0) is 6.42 Å². The summed E-state index contributed by atoms with van der Waals surface area (Å²) in [5.74, 6) is 2.20. The molecule has 4 atom stereocenters. The van der Waals surface area contributed by atoms with Crippen molar-refractivity contribution in [3.05, 3.63) is 65.5 Å². The number of fused-ring (bicyclic) bond motifs is 2. The summed E-state index contributed by atoms with van der Waals surface area (Å²) < 4.78 is 0. The van der Waals surface area contributed by atoms with Gasteiger partial charge in [0.2, 0.25) is 0 Å². The van der Waals surface area contributed by atoms with Gasteiger partial charge >= 0.3 is 0 Å². The molecule has 1 aromatic carbocycles. The maximum absolute atomic E-state index is 5.31. The monoisotopic (exact) mass is 346 g/mol. The smallest absolute Gasteiger partial charge is 0.0959 e. The fourth-order valence-corrected chi connectivity index (χ4v) is 5.03. The number of aromatic nitrogens is 1. The highest BCUT2D eigenvalue weighted by Crippen LogP contribution is 2.60. The molecule has 0 amide bonds. The largest absolute Gasteiger partial charge is 0.284 e. The van der Waals surface area contributed by atoms with Crippen LogP contribution in [0.25, 0.3) is 0 Å². The van der Waals surface area contributed by atoms with E-state index in [0.717, 1.165) is 24.0 Å². The molecule has 3 aliphatic rings. The molecule has 3 aliphatic carbocycles. The maximum Gasteiger partial charge on any atom is 0.0959 e. The first kappa shape index (κ1) is 17.5. The molecule has 136 valence electrons. The fourth-order valence-electron chi connectivity index (χ4n) is 5.03. The second-order valence-corrected chi connectivity index (χ2v) is 8.93. The molecule has 26 heavy (non-hydrogen) atoms. The first-order valence-corrected chi connectivity index (χ1v) is 9.98. The van der Waals surface area contributed by atoms with Gasteiger partial charge < -0.3 is 0 Å². The van der Waals surface area contributed by atoms with E-state index in [4.69, 9.17) is 4.99 Å². The lowest BCUT2D eigenvalue weighted by molar-refractivity contribution is -0.0523. The zero-order valence-electron chi connectivity index (χ0n) is 16.4. The second kappa shape index (κ2) is 6.64. The zero-order valence-corrected chi connectivity index (χ0v) is 16.4. The van der Waals surface area contributed by atoms with Gasteiger partial charge in [-0.15, -0.1) is 0 Å². The summed E-state index contributed by atoms with van der Waals surface area (Å²) in [4.78, 5) is 9.94. The van der Waals surface area contributed by atoms with E-state index in [0.29, 0.717) is 11.3 Å². The number of pyridine rings is 1. The number of hydrogen-bond acceptors (Lipinski definition) is 2. The van der Waals surface area contributed by atoms with E-state index in [-0.39, 0.29) is 6.04 Å². The Labute approximate surface area is 157 Å². The molecule has 2 aromatic rings. The topological polar surface area (TPSA) is 25.2 Å². The van der Waals surface area contributed by atoms with Gasteiger partial charge in [0.25, 0.3) is 0 Å². The van der Waals surface area contributed by atoms with Crippen molar-refractivity contribution in [1.82, 2.24) is 4.98 Å². The molecule has 2 bridgehead atoms. The van der Waals surface area contributed by atoms with Crippen molar-refractivity contribution in [2.75, 3.05) is 0 Å². The number of aryl methyl sites for hydroxylation is 1. The van der Waals surface area contributed by atoms with Gasteiger partial charge in [-0.2, -0.15) is 0 Å². The minimum absolute atomic E-state index is 0.122. The fraction of sp³-hybridized carbons (Fsp3) is 0.500. The Kier molecular flexibility index (Phi) is 4.46. The number of benzene rings is 1. The van der Waals surface area contributed by atoms with Crippen LogP contribution in [0, 0.1) is 30.1 Å². The van der Waals surface area contributed by atoms with Crippen LogP contribution >= 0.6 is 0 Å². The molecule has 2 heteroatoms. The summed E-state index contributed by atoms with van der Waals surface area (Å²) in [6, 6.07) is 15.2. The van der Waals surface area contributed by atoms with Gasteiger partial charge in [0, 0.05) is 18.3 Å². The molecule has 5 rings (SSSR count). The molecule has 0 N–H and O–H groups in total. The summed E-state index contributed by atoms with van der Waals surface area (Å²) >= 11 is 0. The van der Waals surface area contributed by atoms with Crippen LogP contribution in [0.4, 0.5) is 0 Å². The van der Waals surface area contributed by atoms with Crippen LogP contribution in [0.15, 0.2) is 53.7 Å². The summed E-state index contributed by atoms with van der Waals surface area (Å²) in [5, 5.41) is 0. The Morgan fingerprint density at radius 3 is 2.54 bits per heavy atom. The third-order valence-electron chi connectivity index (χ3n) is 7.03. The maximum atomic E-state index is 5.31. The van der Waals surface area contributed by atoms with Crippen molar-refractivity contribution >= 4 is 5.71 Å². The average Bonchev–Trinajstić information content (AvgIpc) is 2.64. The number of hydrogen-bond donors (Lipinski definition) is 0. The van der Waals surface area contributed by atoms with E-state index in [1.54, 1.807) is 0 Å². The lowest BCUT2D eigenvalue weighted by Gasteiger charge is -2.60. The third kappa shape index (κ3) is 3.11. The van der Waals surface area contributed by atoms with Crippen LogP contribution in [0.2, 0.25) is 0 Å². The Morgan fingerprint density at radius 1 is 1.15 bits per heavy atom. The highest BCUT2D eigenvalue weighted by atomic mass is 14.9. The van der Waals surface area contributed by atoms with Crippen molar-refractivity contribution in [2.45, 2.75) is 53.0 Å². The molecule has 0 spiro atoms. The van der Waals surface area contributed by atoms with E-state index >= 15 is 0 Å². The van der Waals surface area contributed by atoms with Gasteiger partial charge in [-0.1, -0.05) is 56.7 Å². The molecule has 3 fully saturated rings. The van der Waals surface area contributed by atoms with Crippen molar-refractivity contribution in [3.8, 4) is 0 Å². The molecule has 4 unspecified atom stereocenters. The predicted octanol–water partition coefficient (Wildman–Crippen LogP) is 5.82. The quantitative estimate of drug-likeness (QED) is 0.685. The standard InChI is InChI=1S/C24H30N2/c1-16-8-10-18(11-9-16)13-23(21-7-5-6-12-25-21)26-22-15-19-14-20(17(22)2)24(19,3)4/h5-12,17,19-20,23H,13-15H2,1-4H3. The molecular formula is C24H30N2. The minimum atomic E-state index is 0.122. The van der Waals surface area contributed by atoms with Crippen molar-refractivity contribution in [2.24, 2.45) is 28.2 Å². The van der Waals surface area contributed by atoms with Gasteiger partial charge in [0.1, 0.15) is 0 Å². The van der Waals surface area contributed by atoms with E-state index in [1.807, 2.05) is 12.3 Å². The second-order valence-electron chi connectivity index (χ2n) is 8.93. The Morgan fingerprint density at radius 2 is 1.92 bits per heavy atom. The average molecular weight is 347 g/mol. The molecule has 0 radical (unpaired) electrons. The Bertz CT molecular complexity index is 789. The summed E-state index contributed by atoms with van der Waals surface area (Å²) in [7, 11) is 0. The highest BCUT2D eigenvalue weighted by Gasteiger charge is 2.55. The molecule has 0 aliphatic heterocycles. The van der Waals surface area contributed by atoms with Crippen LogP contribution in [0.5, 0.6) is 0 Å². The third-order valence-corrected chi connectivity index (χ3v) is 7.03. The zero-order chi connectivity index (χ0) is 18.3. The lowest BCUT2D eigenvalue weighted by atomic mass is 9.45. The summed E-state index contributed by atoms with van der Waals surface area (Å²) in [6.45, 7) is 9.42. The number of nitrogens with zero attached hydrogens (tertiary/aromatic N) is 2. The molecular weight excluding hydrogens is 316 g/mol. The van der Waals surface area contributed by atoms with E-state index in [1.165, 1.54) is 29.7 Å². The van der Waals surface area contributed by atoms with Crippen LogP contribution in [0.1, 0.15) is 56.5 Å².